The molecular formula is C29H29N3O2. The molecule has 0 bridgehead atoms. The lowest BCUT2D eigenvalue weighted by molar-refractivity contribution is -0.105. The van der Waals surface area contributed by atoms with Gasteiger partial charge in [0.15, 0.2) is 0 Å². The number of nitriles is 2. The van der Waals surface area contributed by atoms with Gasteiger partial charge in [-0.25, -0.2) is 0 Å². The van der Waals surface area contributed by atoms with E-state index in [1.165, 1.54) is 0 Å². The topological polar surface area (TPSA) is 69.3 Å². The predicted octanol–water partition coefficient (Wildman–Crippen LogP) is 5.30. The zero-order chi connectivity index (χ0) is 24.1. The minimum Gasteiger partial charge on any atom is -0.373 e. The summed E-state index contributed by atoms with van der Waals surface area (Å²) in [6, 6.07) is 24.3. The largest absolute Gasteiger partial charge is 0.373 e. The lowest BCUT2D eigenvalue weighted by Gasteiger charge is -2.31. The highest BCUT2D eigenvalue weighted by molar-refractivity contribution is 5.66. The molecule has 0 aromatic heterocycles. The normalized spacial score (nSPS) is 16.8. The Morgan fingerprint density at radius 2 is 1.68 bits per heavy atom. The second-order valence-corrected chi connectivity index (χ2v) is 9.21. The molecule has 1 aliphatic heterocycles. The molecule has 0 amide bonds. The summed E-state index contributed by atoms with van der Waals surface area (Å²) in [5.41, 5.74) is 7.42. The Morgan fingerprint density at radius 3 is 2.38 bits per heavy atom. The van der Waals surface area contributed by atoms with Crippen molar-refractivity contribution in [1.82, 2.24) is 4.90 Å². The molecule has 0 spiro atoms. The van der Waals surface area contributed by atoms with Crippen molar-refractivity contribution >= 4 is 0 Å². The Labute approximate surface area is 201 Å². The summed E-state index contributed by atoms with van der Waals surface area (Å²) in [5, 5.41) is 18.3. The average Bonchev–Trinajstić information content (AvgIpc) is 3.20. The van der Waals surface area contributed by atoms with Crippen molar-refractivity contribution in [3.05, 3.63) is 94.0 Å². The van der Waals surface area contributed by atoms with Crippen molar-refractivity contribution in [2.45, 2.75) is 32.2 Å². The van der Waals surface area contributed by atoms with Crippen molar-refractivity contribution in [2.75, 3.05) is 27.2 Å². The first-order valence-electron chi connectivity index (χ1n) is 11.4. The molecule has 5 heteroatoms. The number of nitrogens with zero attached hydrogens (tertiary/aromatic N) is 3. The van der Waals surface area contributed by atoms with E-state index >= 15 is 0 Å². The summed E-state index contributed by atoms with van der Waals surface area (Å²) in [6.07, 6.45) is 0.809. The van der Waals surface area contributed by atoms with Gasteiger partial charge in [0, 0.05) is 6.54 Å². The van der Waals surface area contributed by atoms with Crippen LogP contribution >= 0.6 is 0 Å². The van der Waals surface area contributed by atoms with E-state index in [9.17, 15) is 5.26 Å². The minimum atomic E-state index is -0.520. The van der Waals surface area contributed by atoms with Crippen LogP contribution in [0.15, 0.2) is 60.7 Å². The lowest BCUT2D eigenvalue weighted by Crippen LogP contribution is -2.35. The third-order valence-corrected chi connectivity index (χ3v) is 6.28. The molecule has 3 aromatic rings. The molecular weight excluding hydrogens is 422 g/mol. The van der Waals surface area contributed by atoms with Gasteiger partial charge in [0.05, 0.1) is 43.1 Å². The van der Waals surface area contributed by atoms with Gasteiger partial charge in [-0.05, 0) is 85.6 Å². The van der Waals surface area contributed by atoms with Crippen molar-refractivity contribution in [1.29, 1.82) is 10.5 Å². The lowest BCUT2D eigenvalue weighted by atomic mass is 9.89. The Balaban J connectivity index is 1.52. The second kappa shape index (κ2) is 10.2. The van der Waals surface area contributed by atoms with Gasteiger partial charge in [0.25, 0.3) is 0 Å². The standard InChI is InChI=1S/C29H29N3O2/c1-21-12-24(15-26(13-21)25-7-4-22(16-30)5-8-25)18-33-20-29(10-11-32(2)3)28-9-6-23(17-31)14-27(28)19-34-29/h4-9,12-15H,10-11,18-20H2,1-3H3. The van der Waals surface area contributed by atoms with Gasteiger partial charge in [0.2, 0.25) is 0 Å². The summed E-state index contributed by atoms with van der Waals surface area (Å²) in [7, 11) is 4.11. The Bertz CT molecular complexity index is 1250. The van der Waals surface area contributed by atoms with E-state index in [1.807, 2.05) is 42.5 Å². The molecule has 1 aliphatic rings. The quantitative estimate of drug-likeness (QED) is 0.465. The van der Waals surface area contributed by atoms with Gasteiger partial charge >= 0.3 is 0 Å². The molecule has 0 saturated carbocycles. The van der Waals surface area contributed by atoms with Crippen LogP contribution in [0, 0.1) is 29.6 Å². The fourth-order valence-corrected chi connectivity index (χ4v) is 4.51. The zero-order valence-corrected chi connectivity index (χ0v) is 20.0. The third-order valence-electron chi connectivity index (χ3n) is 6.28. The summed E-state index contributed by atoms with van der Waals surface area (Å²) in [5.74, 6) is 0. The molecule has 0 N–H and O–H groups in total. The van der Waals surface area contributed by atoms with Crippen LogP contribution in [0.25, 0.3) is 11.1 Å². The third kappa shape index (κ3) is 5.19. The summed E-state index contributed by atoms with van der Waals surface area (Å²) in [6.45, 7) is 4.37. The van der Waals surface area contributed by atoms with E-state index in [4.69, 9.17) is 14.7 Å². The first-order valence-corrected chi connectivity index (χ1v) is 11.4. The van der Waals surface area contributed by atoms with Crippen LogP contribution in [-0.2, 0) is 28.3 Å². The molecule has 5 nitrogen and oxygen atoms in total. The smallest absolute Gasteiger partial charge is 0.118 e. The highest BCUT2D eigenvalue weighted by atomic mass is 16.5. The molecule has 1 unspecified atom stereocenters. The number of hydrogen-bond donors (Lipinski definition) is 0. The molecule has 1 heterocycles. The van der Waals surface area contributed by atoms with Crippen molar-refractivity contribution in [3.8, 4) is 23.3 Å². The highest BCUT2D eigenvalue weighted by Crippen LogP contribution is 2.40. The van der Waals surface area contributed by atoms with Crippen molar-refractivity contribution in [3.63, 3.8) is 0 Å². The van der Waals surface area contributed by atoms with Crippen LogP contribution < -0.4 is 0 Å². The molecule has 0 radical (unpaired) electrons. The maximum Gasteiger partial charge on any atom is 0.118 e. The highest BCUT2D eigenvalue weighted by Gasteiger charge is 2.40. The van der Waals surface area contributed by atoms with E-state index in [1.54, 1.807) is 0 Å². The fourth-order valence-electron chi connectivity index (χ4n) is 4.51. The molecule has 0 aliphatic carbocycles. The average molecular weight is 452 g/mol. The van der Waals surface area contributed by atoms with Crippen LogP contribution in [0.4, 0.5) is 0 Å². The molecule has 3 aromatic carbocycles. The first kappa shape index (κ1) is 23.7. The Hall–Kier alpha value is -3.48. The molecule has 0 saturated heterocycles. The van der Waals surface area contributed by atoms with E-state index in [0.717, 1.165) is 46.3 Å². The number of aryl methyl sites for hydroxylation is 1. The molecule has 1 atom stereocenters. The monoisotopic (exact) mass is 451 g/mol. The van der Waals surface area contributed by atoms with Crippen LogP contribution in [0.1, 0.15) is 39.8 Å². The Morgan fingerprint density at radius 1 is 0.941 bits per heavy atom. The van der Waals surface area contributed by atoms with Crippen LogP contribution in [0.5, 0.6) is 0 Å². The maximum atomic E-state index is 9.26. The number of rotatable bonds is 8. The summed E-state index contributed by atoms with van der Waals surface area (Å²) in [4.78, 5) is 2.15. The number of benzene rings is 3. The van der Waals surface area contributed by atoms with Crippen molar-refractivity contribution in [2.24, 2.45) is 0 Å². The van der Waals surface area contributed by atoms with Gasteiger partial charge in [-0.1, -0.05) is 35.9 Å². The minimum absolute atomic E-state index is 0.444. The molecule has 34 heavy (non-hydrogen) atoms. The van der Waals surface area contributed by atoms with Gasteiger partial charge < -0.3 is 14.4 Å². The van der Waals surface area contributed by atoms with Gasteiger partial charge in [-0.2, -0.15) is 10.5 Å². The van der Waals surface area contributed by atoms with E-state index in [-0.39, 0.29) is 0 Å². The molecule has 172 valence electrons. The zero-order valence-electron chi connectivity index (χ0n) is 20.0. The van der Waals surface area contributed by atoms with Gasteiger partial charge in [0.1, 0.15) is 5.60 Å². The molecule has 4 rings (SSSR count). The van der Waals surface area contributed by atoms with E-state index in [0.29, 0.717) is 30.9 Å². The SMILES string of the molecule is Cc1cc(COCC2(CCN(C)C)OCc3cc(C#N)ccc32)cc(-c2ccc(C#N)cc2)c1. The van der Waals surface area contributed by atoms with Crippen molar-refractivity contribution < 1.29 is 9.47 Å². The van der Waals surface area contributed by atoms with E-state index in [2.05, 4.69) is 56.3 Å². The first-order chi connectivity index (χ1) is 16.4. The Kier molecular flexibility index (Phi) is 7.10. The number of fused-ring (bicyclic) bond motifs is 1. The van der Waals surface area contributed by atoms with Gasteiger partial charge in [-0.15, -0.1) is 0 Å². The van der Waals surface area contributed by atoms with Crippen LogP contribution in [0.3, 0.4) is 0 Å². The predicted molar refractivity (Wildman–Crippen MR) is 132 cm³/mol. The summed E-state index contributed by atoms with van der Waals surface area (Å²) < 4.78 is 12.6. The fraction of sp³-hybridized carbons (Fsp3) is 0.310. The van der Waals surface area contributed by atoms with E-state index < -0.39 is 5.60 Å². The maximum absolute atomic E-state index is 9.26. The molecule has 0 fully saturated rings. The van der Waals surface area contributed by atoms with Crippen LogP contribution in [0.2, 0.25) is 0 Å². The van der Waals surface area contributed by atoms with Crippen LogP contribution in [-0.4, -0.2) is 32.1 Å². The summed E-state index contributed by atoms with van der Waals surface area (Å²) >= 11 is 0. The number of hydrogen-bond acceptors (Lipinski definition) is 5. The second-order valence-electron chi connectivity index (χ2n) is 9.21. The number of ether oxygens (including phenoxy) is 2. The van der Waals surface area contributed by atoms with Gasteiger partial charge in [-0.3, -0.25) is 0 Å².